The van der Waals surface area contributed by atoms with E-state index < -0.39 is 0 Å². The van der Waals surface area contributed by atoms with Gasteiger partial charge in [-0.05, 0) is 50.2 Å². The van der Waals surface area contributed by atoms with Crippen molar-refractivity contribution in [1.29, 1.82) is 0 Å². The first kappa shape index (κ1) is 17.2. The molecule has 0 saturated heterocycles. The molecule has 136 valence electrons. The van der Waals surface area contributed by atoms with Gasteiger partial charge < -0.3 is 14.3 Å². The molecule has 0 aliphatic heterocycles. The summed E-state index contributed by atoms with van der Waals surface area (Å²) in [5.41, 5.74) is 2.03. The molecule has 3 aromatic heterocycles. The molecule has 0 bridgehead atoms. The summed E-state index contributed by atoms with van der Waals surface area (Å²) in [6.07, 6.45) is 0. The molecule has 0 fully saturated rings. The fourth-order valence-corrected chi connectivity index (χ4v) is 3.40. The Balaban J connectivity index is 1.46. The molecule has 4 aromatic rings. The monoisotopic (exact) mass is 379 g/mol. The van der Waals surface area contributed by atoms with Crippen LogP contribution in [0.3, 0.4) is 0 Å². The lowest BCUT2D eigenvalue weighted by Crippen LogP contribution is -2.21. The number of amides is 1. The molecular formula is C20H17N3O3S. The van der Waals surface area contributed by atoms with Crippen molar-refractivity contribution in [2.45, 2.75) is 20.4 Å². The lowest BCUT2D eigenvalue weighted by molar-refractivity contribution is 0.0952. The first-order valence-electron chi connectivity index (χ1n) is 8.43. The van der Waals surface area contributed by atoms with E-state index in [0.717, 1.165) is 27.5 Å². The number of thiophene rings is 1. The maximum atomic E-state index is 12.3. The number of carbonyl (C=O) groups is 1. The van der Waals surface area contributed by atoms with Crippen molar-refractivity contribution in [3.05, 3.63) is 70.5 Å². The van der Waals surface area contributed by atoms with Crippen LogP contribution in [-0.2, 0) is 6.54 Å². The summed E-state index contributed by atoms with van der Waals surface area (Å²) in [6, 6.07) is 15.2. The molecule has 6 nitrogen and oxygen atoms in total. The summed E-state index contributed by atoms with van der Waals surface area (Å²) in [6.45, 7) is 4.24. The van der Waals surface area contributed by atoms with Gasteiger partial charge in [0.1, 0.15) is 11.5 Å². The van der Waals surface area contributed by atoms with Crippen molar-refractivity contribution in [2.75, 3.05) is 0 Å². The van der Waals surface area contributed by atoms with E-state index in [1.165, 1.54) is 11.3 Å². The molecular weight excluding hydrogens is 362 g/mol. The van der Waals surface area contributed by atoms with Gasteiger partial charge in [-0.1, -0.05) is 22.9 Å². The maximum absolute atomic E-state index is 12.3. The summed E-state index contributed by atoms with van der Waals surface area (Å²) >= 11 is 1.32. The number of nitrogens with one attached hydrogen (secondary N) is 1. The topological polar surface area (TPSA) is 81.2 Å². The Labute approximate surface area is 159 Å². The van der Waals surface area contributed by atoms with Gasteiger partial charge in [-0.25, -0.2) is 0 Å². The molecule has 27 heavy (non-hydrogen) atoms. The van der Waals surface area contributed by atoms with Gasteiger partial charge >= 0.3 is 0 Å². The fraction of sp³-hybridized carbons (Fsp3) is 0.150. The molecule has 0 saturated carbocycles. The van der Waals surface area contributed by atoms with Gasteiger partial charge in [-0.3, -0.25) is 4.79 Å². The zero-order valence-electron chi connectivity index (χ0n) is 14.9. The minimum absolute atomic E-state index is 0.164. The third-order valence-corrected chi connectivity index (χ3v) is 5.07. The minimum atomic E-state index is -0.164. The smallest absolute Gasteiger partial charge is 0.261 e. The molecule has 3 heterocycles. The Morgan fingerprint density at radius 1 is 1.07 bits per heavy atom. The van der Waals surface area contributed by atoms with Crippen LogP contribution < -0.4 is 5.32 Å². The summed E-state index contributed by atoms with van der Waals surface area (Å²) in [5.74, 6) is 2.30. The molecule has 1 amide bonds. The highest BCUT2D eigenvalue weighted by atomic mass is 32.1. The second-order valence-corrected chi connectivity index (χ2v) is 7.23. The number of hydrogen-bond acceptors (Lipinski definition) is 6. The van der Waals surface area contributed by atoms with E-state index in [2.05, 4.69) is 15.5 Å². The van der Waals surface area contributed by atoms with Crippen LogP contribution in [0.2, 0.25) is 0 Å². The number of aromatic nitrogens is 2. The molecule has 0 aliphatic rings. The molecule has 0 aliphatic carbocycles. The standard InChI is InChI=1S/C20H17N3O3S/c1-12-3-6-14(7-4-12)20-22-18(23-26-20)16-9-10-17(27-16)19(24)21-11-15-8-5-13(2)25-15/h3-10H,11H2,1-2H3,(H,21,24). The predicted molar refractivity (Wildman–Crippen MR) is 102 cm³/mol. The fourth-order valence-electron chi connectivity index (χ4n) is 2.55. The summed E-state index contributed by atoms with van der Waals surface area (Å²) in [7, 11) is 0. The van der Waals surface area contributed by atoms with Gasteiger partial charge in [-0.2, -0.15) is 4.98 Å². The average Bonchev–Trinajstić information content (AvgIpc) is 3.40. The van der Waals surface area contributed by atoms with Gasteiger partial charge in [0.15, 0.2) is 0 Å². The third-order valence-electron chi connectivity index (χ3n) is 3.99. The van der Waals surface area contributed by atoms with Gasteiger partial charge in [0.05, 0.1) is 16.3 Å². The molecule has 4 rings (SSSR count). The van der Waals surface area contributed by atoms with Crippen LogP contribution in [0, 0.1) is 13.8 Å². The number of benzene rings is 1. The molecule has 1 N–H and O–H groups in total. The Morgan fingerprint density at radius 2 is 1.89 bits per heavy atom. The molecule has 1 aromatic carbocycles. The Kier molecular flexibility index (Phi) is 4.60. The minimum Gasteiger partial charge on any atom is -0.465 e. The molecule has 0 spiro atoms. The number of aryl methyl sites for hydroxylation is 2. The van der Waals surface area contributed by atoms with Gasteiger partial charge in [-0.15, -0.1) is 11.3 Å². The first-order valence-corrected chi connectivity index (χ1v) is 9.24. The van der Waals surface area contributed by atoms with Crippen LogP contribution in [0.4, 0.5) is 0 Å². The van der Waals surface area contributed by atoms with E-state index in [4.69, 9.17) is 8.94 Å². The number of hydrogen-bond donors (Lipinski definition) is 1. The highest BCUT2D eigenvalue weighted by Crippen LogP contribution is 2.28. The number of furan rings is 1. The number of nitrogens with zero attached hydrogens (tertiary/aromatic N) is 2. The molecule has 0 radical (unpaired) electrons. The lowest BCUT2D eigenvalue weighted by Gasteiger charge is -2.00. The number of carbonyl (C=O) groups excluding carboxylic acids is 1. The van der Waals surface area contributed by atoms with Crippen LogP contribution in [0.5, 0.6) is 0 Å². The van der Waals surface area contributed by atoms with Crippen molar-refractivity contribution in [1.82, 2.24) is 15.5 Å². The first-order chi connectivity index (χ1) is 13.1. The van der Waals surface area contributed by atoms with Crippen molar-refractivity contribution < 1.29 is 13.7 Å². The quantitative estimate of drug-likeness (QED) is 0.548. The third kappa shape index (κ3) is 3.83. The van der Waals surface area contributed by atoms with E-state index >= 15 is 0 Å². The maximum Gasteiger partial charge on any atom is 0.261 e. The Morgan fingerprint density at radius 3 is 2.63 bits per heavy atom. The van der Waals surface area contributed by atoms with Crippen molar-refractivity contribution in [3.8, 4) is 22.2 Å². The van der Waals surface area contributed by atoms with Crippen LogP contribution >= 0.6 is 11.3 Å². The lowest BCUT2D eigenvalue weighted by atomic mass is 10.1. The zero-order chi connectivity index (χ0) is 18.8. The summed E-state index contributed by atoms with van der Waals surface area (Å²) < 4.78 is 10.8. The second-order valence-electron chi connectivity index (χ2n) is 6.15. The predicted octanol–water partition coefficient (Wildman–Crippen LogP) is 4.60. The molecule has 0 unspecified atom stereocenters. The van der Waals surface area contributed by atoms with E-state index in [0.29, 0.717) is 23.1 Å². The Hall–Kier alpha value is -3.19. The van der Waals surface area contributed by atoms with Crippen LogP contribution in [0.1, 0.15) is 26.8 Å². The van der Waals surface area contributed by atoms with Crippen molar-refractivity contribution in [3.63, 3.8) is 0 Å². The normalized spacial score (nSPS) is 10.9. The van der Waals surface area contributed by atoms with Gasteiger partial charge in [0.2, 0.25) is 5.82 Å². The number of rotatable bonds is 5. The van der Waals surface area contributed by atoms with Crippen LogP contribution in [0.25, 0.3) is 22.2 Å². The highest BCUT2D eigenvalue weighted by molar-refractivity contribution is 7.17. The van der Waals surface area contributed by atoms with E-state index in [-0.39, 0.29) is 5.91 Å². The van der Waals surface area contributed by atoms with E-state index in [1.54, 1.807) is 6.07 Å². The van der Waals surface area contributed by atoms with Crippen molar-refractivity contribution in [2.24, 2.45) is 0 Å². The second kappa shape index (κ2) is 7.20. The highest BCUT2D eigenvalue weighted by Gasteiger charge is 2.15. The van der Waals surface area contributed by atoms with Crippen LogP contribution in [0.15, 0.2) is 57.5 Å². The largest absolute Gasteiger partial charge is 0.465 e. The molecule has 7 heteroatoms. The summed E-state index contributed by atoms with van der Waals surface area (Å²) in [5, 5.41) is 6.88. The van der Waals surface area contributed by atoms with E-state index in [9.17, 15) is 4.79 Å². The summed E-state index contributed by atoms with van der Waals surface area (Å²) in [4.78, 5) is 18.1. The average molecular weight is 379 g/mol. The van der Waals surface area contributed by atoms with Gasteiger partial charge in [0, 0.05) is 5.56 Å². The van der Waals surface area contributed by atoms with Crippen LogP contribution in [-0.4, -0.2) is 16.0 Å². The SMILES string of the molecule is Cc1ccc(-c2nc(-c3ccc(C(=O)NCc4ccc(C)o4)s3)no2)cc1. The van der Waals surface area contributed by atoms with Crippen molar-refractivity contribution >= 4 is 17.2 Å². The van der Waals surface area contributed by atoms with E-state index in [1.807, 2.05) is 56.3 Å². The molecule has 0 atom stereocenters. The Bertz CT molecular complexity index is 1080. The van der Waals surface area contributed by atoms with Gasteiger partial charge in [0.25, 0.3) is 11.8 Å². The zero-order valence-corrected chi connectivity index (χ0v) is 15.7.